The summed E-state index contributed by atoms with van der Waals surface area (Å²) in [6, 6.07) is 9.00. The highest BCUT2D eigenvalue weighted by Gasteiger charge is 2.21. The van der Waals surface area contributed by atoms with Crippen molar-refractivity contribution in [1.29, 1.82) is 0 Å². The van der Waals surface area contributed by atoms with Crippen molar-refractivity contribution in [2.45, 2.75) is 20.0 Å². The van der Waals surface area contributed by atoms with Crippen molar-refractivity contribution in [2.24, 2.45) is 0 Å². The standard InChI is InChI=1S/C12H17NO2/c1-3-13(4-2)12(15)11(14)10-8-6-5-7-9-10/h5-9,11,14H,3-4H2,1-2H3/t11-/m1/s1. The molecule has 0 bridgehead atoms. The molecule has 82 valence electrons. The number of hydrogen-bond donors (Lipinski definition) is 1. The van der Waals surface area contributed by atoms with Crippen LogP contribution in [-0.2, 0) is 4.79 Å². The van der Waals surface area contributed by atoms with E-state index in [-0.39, 0.29) is 5.91 Å². The second-order valence-electron chi connectivity index (χ2n) is 3.32. The molecule has 3 nitrogen and oxygen atoms in total. The Labute approximate surface area is 90.3 Å². The monoisotopic (exact) mass is 207 g/mol. The van der Waals surface area contributed by atoms with Gasteiger partial charge in [-0.2, -0.15) is 0 Å². The zero-order valence-electron chi connectivity index (χ0n) is 9.18. The fourth-order valence-electron chi connectivity index (χ4n) is 1.49. The Morgan fingerprint density at radius 2 is 1.80 bits per heavy atom. The Morgan fingerprint density at radius 1 is 1.27 bits per heavy atom. The Hall–Kier alpha value is -1.35. The third-order valence-electron chi connectivity index (χ3n) is 2.42. The molecule has 1 rings (SSSR count). The van der Waals surface area contributed by atoms with Crippen LogP contribution in [0.15, 0.2) is 30.3 Å². The number of rotatable bonds is 4. The maximum atomic E-state index is 11.8. The highest BCUT2D eigenvalue weighted by molar-refractivity contribution is 5.82. The molecule has 0 spiro atoms. The van der Waals surface area contributed by atoms with Gasteiger partial charge in [0, 0.05) is 13.1 Å². The lowest BCUT2D eigenvalue weighted by Gasteiger charge is -2.22. The summed E-state index contributed by atoms with van der Waals surface area (Å²) in [6.07, 6.45) is -1.04. The van der Waals surface area contributed by atoms with E-state index in [4.69, 9.17) is 0 Å². The summed E-state index contributed by atoms with van der Waals surface area (Å²) in [5.74, 6) is -0.230. The van der Waals surface area contributed by atoms with Crippen molar-refractivity contribution in [3.8, 4) is 0 Å². The highest BCUT2D eigenvalue weighted by atomic mass is 16.3. The molecule has 0 fully saturated rings. The number of carbonyl (C=O) groups is 1. The third-order valence-corrected chi connectivity index (χ3v) is 2.42. The molecule has 1 amide bonds. The number of nitrogens with zero attached hydrogens (tertiary/aromatic N) is 1. The summed E-state index contributed by atoms with van der Waals surface area (Å²) in [7, 11) is 0. The van der Waals surface area contributed by atoms with E-state index in [2.05, 4.69) is 0 Å². The maximum Gasteiger partial charge on any atom is 0.256 e. The molecule has 0 saturated carbocycles. The molecule has 0 aliphatic heterocycles. The molecular weight excluding hydrogens is 190 g/mol. The molecule has 0 aliphatic rings. The SMILES string of the molecule is CCN(CC)C(=O)[C@H](O)c1ccccc1. The molecule has 0 radical (unpaired) electrons. The predicted octanol–water partition coefficient (Wildman–Crippen LogP) is 1.59. The summed E-state index contributed by atoms with van der Waals surface area (Å²) in [6.45, 7) is 5.05. The average Bonchev–Trinajstić information content (AvgIpc) is 2.30. The summed E-state index contributed by atoms with van der Waals surface area (Å²) >= 11 is 0. The largest absolute Gasteiger partial charge is 0.378 e. The number of benzene rings is 1. The first kappa shape index (κ1) is 11.7. The lowest BCUT2D eigenvalue weighted by atomic mass is 10.1. The second-order valence-corrected chi connectivity index (χ2v) is 3.32. The highest BCUT2D eigenvalue weighted by Crippen LogP contribution is 2.14. The first-order valence-corrected chi connectivity index (χ1v) is 5.22. The van der Waals surface area contributed by atoms with Crippen molar-refractivity contribution >= 4 is 5.91 Å². The molecule has 0 heterocycles. The van der Waals surface area contributed by atoms with Gasteiger partial charge in [-0.3, -0.25) is 4.79 Å². The molecule has 0 aromatic heterocycles. The van der Waals surface area contributed by atoms with Crippen molar-refractivity contribution < 1.29 is 9.90 Å². The van der Waals surface area contributed by atoms with E-state index in [9.17, 15) is 9.90 Å². The lowest BCUT2D eigenvalue weighted by Crippen LogP contribution is -2.34. The van der Waals surface area contributed by atoms with Gasteiger partial charge in [-0.15, -0.1) is 0 Å². The third kappa shape index (κ3) is 2.80. The summed E-state index contributed by atoms with van der Waals surface area (Å²) < 4.78 is 0. The van der Waals surface area contributed by atoms with Gasteiger partial charge in [0.05, 0.1) is 0 Å². The van der Waals surface area contributed by atoms with Gasteiger partial charge in [0.2, 0.25) is 0 Å². The van der Waals surface area contributed by atoms with Crippen molar-refractivity contribution in [1.82, 2.24) is 4.90 Å². The first-order valence-electron chi connectivity index (χ1n) is 5.22. The normalized spacial score (nSPS) is 12.2. The Kier molecular flexibility index (Phi) is 4.31. The predicted molar refractivity (Wildman–Crippen MR) is 59.3 cm³/mol. The molecule has 1 aromatic carbocycles. The molecule has 1 N–H and O–H groups in total. The molecule has 15 heavy (non-hydrogen) atoms. The Bertz CT molecular complexity index is 307. The fraction of sp³-hybridized carbons (Fsp3) is 0.417. The van der Waals surface area contributed by atoms with Gasteiger partial charge in [0.15, 0.2) is 6.10 Å². The van der Waals surface area contributed by atoms with Crippen LogP contribution >= 0.6 is 0 Å². The number of likely N-dealkylation sites (N-methyl/N-ethyl adjacent to an activating group) is 1. The zero-order chi connectivity index (χ0) is 11.3. The summed E-state index contributed by atoms with van der Waals surface area (Å²) in [5.41, 5.74) is 0.648. The number of aliphatic hydroxyl groups is 1. The van der Waals surface area contributed by atoms with Crippen LogP contribution in [0.5, 0.6) is 0 Å². The number of amides is 1. The minimum Gasteiger partial charge on any atom is -0.378 e. The van der Waals surface area contributed by atoms with E-state index in [0.29, 0.717) is 18.7 Å². The van der Waals surface area contributed by atoms with E-state index in [1.165, 1.54) is 0 Å². The molecule has 0 unspecified atom stereocenters. The maximum absolute atomic E-state index is 11.8. The topological polar surface area (TPSA) is 40.5 Å². The minimum absolute atomic E-state index is 0.230. The van der Waals surface area contributed by atoms with E-state index in [1.807, 2.05) is 32.0 Å². The Morgan fingerprint density at radius 3 is 2.27 bits per heavy atom. The van der Waals surface area contributed by atoms with E-state index in [1.54, 1.807) is 17.0 Å². The molecule has 1 atom stereocenters. The molecule has 0 saturated heterocycles. The van der Waals surface area contributed by atoms with E-state index >= 15 is 0 Å². The van der Waals surface area contributed by atoms with Gasteiger partial charge in [-0.05, 0) is 19.4 Å². The Balaban J connectivity index is 2.76. The average molecular weight is 207 g/mol. The van der Waals surface area contributed by atoms with Crippen LogP contribution in [0, 0.1) is 0 Å². The van der Waals surface area contributed by atoms with Crippen molar-refractivity contribution in [3.05, 3.63) is 35.9 Å². The number of hydrogen-bond acceptors (Lipinski definition) is 2. The fourth-order valence-corrected chi connectivity index (χ4v) is 1.49. The van der Waals surface area contributed by atoms with Gasteiger partial charge in [-0.25, -0.2) is 0 Å². The van der Waals surface area contributed by atoms with Crippen LogP contribution in [0.1, 0.15) is 25.5 Å². The van der Waals surface area contributed by atoms with Gasteiger partial charge < -0.3 is 10.0 Å². The summed E-state index contributed by atoms with van der Waals surface area (Å²) in [5, 5.41) is 9.83. The van der Waals surface area contributed by atoms with Crippen LogP contribution in [0.3, 0.4) is 0 Å². The first-order chi connectivity index (χ1) is 7.20. The van der Waals surface area contributed by atoms with E-state index in [0.717, 1.165) is 0 Å². The molecule has 1 aromatic rings. The van der Waals surface area contributed by atoms with Crippen LogP contribution < -0.4 is 0 Å². The van der Waals surface area contributed by atoms with Crippen molar-refractivity contribution in [2.75, 3.05) is 13.1 Å². The van der Waals surface area contributed by atoms with Crippen LogP contribution in [0.2, 0.25) is 0 Å². The minimum atomic E-state index is -1.04. The van der Waals surface area contributed by atoms with Crippen molar-refractivity contribution in [3.63, 3.8) is 0 Å². The zero-order valence-corrected chi connectivity index (χ0v) is 9.18. The van der Waals surface area contributed by atoms with Gasteiger partial charge in [-0.1, -0.05) is 30.3 Å². The quantitative estimate of drug-likeness (QED) is 0.814. The molecule has 0 aliphatic carbocycles. The molecule has 3 heteroatoms. The number of aliphatic hydroxyl groups excluding tert-OH is 1. The lowest BCUT2D eigenvalue weighted by molar-refractivity contribution is -0.140. The molecular formula is C12H17NO2. The smallest absolute Gasteiger partial charge is 0.256 e. The second kappa shape index (κ2) is 5.51. The van der Waals surface area contributed by atoms with Gasteiger partial charge in [0.1, 0.15) is 0 Å². The number of carbonyl (C=O) groups excluding carboxylic acids is 1. The van der Waals surface area contributed by atoms with Gasteiger partial charge >= 0.3 is 0 Å². The van der Waals surface area contributed by atoms with Gasteiger partial charge in [0.25, 0.3) is 5.91 Å². The van der Waals surface area contributed by atoms with Crippen LogP contribution in [0.25, 0.3) is 0 Å². The summed E-state index contributed by atoms with van der Waals surface area (Å²) in [4.78, 5) is 13.4. The van der Waals surface area contributed by atoms with Crippen LogP contribution in [0.4, 0.5) is 0 Å². The van der Waals surface area contributed by atoms with E-state index < -0.39 is 6.10 Å². The van der Waals surface area contributed by atoms with Crippen LogP contribution in [-0.4, -0.2) is 29.0 Å².